The number of nitrogens with one attached hydrogen (secondary N) is 2. The summed E-state index contributed by atoms with van der Waals surface area (Å²) in [6, 6.07) is 4.11. The molecular weight excluding hydrogens is 176 g/mol. The van der Waals surface area contributed by atoms with Gasteiger partial charge in [-0.05, 0) is 24.2 Å². The van der Waals surface area contributed by atoms with E-state index in [1.54, 1.807) is 0 Å². The molecule has 0 aromatic carbocycles. The summed E-state index contributed by atoms with van der Waals surface area (Å²) in [5.41, 5.74) is 0. The highest BCUT2D eigenvalue weighted by atomic mass is 28.3. The summed E-state index contributed by atoms with van der Waals surface area (Å²) in [6.07, 6.45) is 2.84. The Morgan fingerprint density at radius 1 is 0.846 bits per heavy atom. The highest BCUT2D eigenvalue weighted by Crippen LogP contribution is 2.26. The van der Waals surface area contributed by atoms with Crippen molar-refractivity contribution < 1.29 is 0 Å². The molecule has 0 atom stereocenters. The molecule has 13 heavy (non-hydrogen) atoms. The molecule has 0 saturated carbocycles. The van der Waals surface area contributed by atoms with E-state index in [4.69, 9.17) is 0 Å². The van der Waals surface area contributed by atoms with Crippen LogP contribution in [0.5, 0.6) is 0 Å². The van der Waals surface area contributed by atoms with E-state index in [9.17, 15) is 0 Å². The van der Waals surface area contributed by atoms with Crippen molar-refractivity contribution in [1.82, 2.24) is 9.96 Å². The van der Waals surface area contributed by atoms with Gasteiger partial charge in [0.25, 0.3) is 0 Å². The lowest BCUT2D eigenvalue weighted by Gasteiger charge is -2.33. The summed E-state index contributed by atoms with van der Waals surface area (Å²) in [5.74, 6) is 0. The predicted molar refractivity (Wildman–Crippen MR) is 61.1 cm³/mol. The van der Waals surface area contributed by atoms with Crippen LogP contribution in [-0.4, -0.2) is 20.5 Å². The molecule has 1 heterocycles. The quantitative estimate of drug-likeness (QED) is 0.680. The van der Waals surface area contributed by atoms with Crippen LogP contribution in [0.2, 0.25) is 12.1 Å². The molecule has 0 aromatic rings. The fourth-order valence-corrected chi connectivity index (χ4v) is 7.24. The molecule has 0 aromatic heterocycles. The molecule has 0 amide bonds. The Labute approximate surface area is 83.7 Å². The lowest BCUT2D eigenvalue weighted by molar-refractivity contribution is 0.657. The van der Waals surface area contributed by atoms with Gasteiger partial charge in [-0.25, -0.2) is 0 Å². The normalized spacial score (nSPS) is 21.7. The predicted octanol–water partition coefficient (Wildman–Crippen LogP) is 2.22. The maximum absolute atomic E-state index is 3.81. The summed E-state index contributed by atoms with van der Waals surface area (Å²) in [6.45, 7) is 9.04. The van der Waals surface area contributed by atoms with Gasteiger partial charge in [0, 0.05) is 0 Å². The van der Waals surface area contributed by atoms with Crippen LogP contribution in [0.3, 0.4) is 0 Å². The first-order valence-electron chi connectivity index (χ1n) is 5.59. The van der Waals surface area contributed by atoms with Crippen molar-refractivity contribution >= 4 is 8.40 Å². The van der Waals surface area contributed by atoms with Crippen LogP contribution < -0.4 is 9.96 Å². The van der Waals surface area contributed by atoms with Crippen molar-refractivity contribution in [3.63, 3.8) is 0 Å². The van der Waals surface area contributed by atoms with Crippen molar-refractivity contribution in [2.45, 2.75) is 64.7 Å². The lowest BCUT2D eigenvalue weighted by atomic mass is 10.4. The summed E-state index contributed by atoms with van der Waals surface area (Å²) in [4.78, 5) is 7.63. The van der Waals surface area contributed by atoms with Crippen LogP contribution >= 0.6 is 0 Å². The highest BCUT2D eigenvalue weighted by Gasteiger charge is 2.37. The van der Waals surface area contributed by atoms with E-state index in [2.05, 4.69) is 37.7 Å². The minimum Gasteiger partial charge on any atom is -0.323 e. The third-order valence-electron chi connectivity index (χ3n) is 2.59. The summed E-state index contributed by atoms with van der Waals surface area (Å²) in [5, 5.41) is 0. The zero-order chi connectivity index (χ0) is 9.90. The molecule has 0 radical (unpaired) electrons. The zero-order valence-corrected chi connectivity index (χ0v) is 10.5. The Hall–Kier alpha value is 0.137. The van der Waals surface area contributed by atoms with Crippen LogP contribution in [0.1, 0.15) is 40.5 Å². The Morgan fingerprint density at radius 3 is 1.54 bits per heavy atom. The van der Waals surface area contributed by atoms with Gasteiger partial charge in [0.15, 0.2) is 0 Å². The largest absolute Gasteiger partial charge is 0.323 e. The van der Waals surface area contributed by atoms with Crippen molar-refractivity contribution in [2.75, 3.05) is 0 Å². The molecule has 0 unspecified atom stereocenters. The number of rotatable bonds is 4. The molecule has 3 heteroatoms. The van der Waals surface area contributed by atoms with E-state index in [1.807, 2.05) is 0 Å². The average Bonchev–Trinajstić information content (AvgIpc) is 2.33. The fraction of sp³-hybridized carbons (Fsp3) is 1.00. The molecule has 1 rings (SSSR count). The van der Waals surface area contributed by atoms with Gasteiger partial charge in [0.05, 0.1) is 0 Å². The Morgan fingerprint density at radius 2 is 1.23 bits per heavy atom. The fourth-order valence-electron chi connectivity index (χ4n) is 2.41. The third kappa shape index (κ3) is 3.41. The van der Waals surface area contributed by atoms with E-state index < -0.39 is 8.40 Å². The number of hydrogen-bond donors (Lipinski definition) is 2. The monoisotopic (exact) mass is 200 g/mol. The van der Waals surface area contributed by atoms with Gasteiger partial charge >= 0.3 is 0 Å². The summed E-state index contributed by atoms with van der Waals surface area (Å²) < 4.78 is 0. The molecule has 2 N–H and O–H groups in total. The maximum Gasteiger partial charge on any atom is 0.201 e. The Bertz CT molecular complexity index is 139. The van der Waals surface area contributed by atoms with Crippen LogP contribution in [0.4, 0.5) is 0 Å². The molecule has 1 fully saturated rings. The van der Waals surface area contributed by atoms with Crippen LogP contribution in [0.15, 0.2) is 0 Å². The second-order valence-electron chi connectivity index (χ2n) is 4.89. The molecule has 0 bridgehead atoms. The molecule has 0 spiro atoms. The highest BCUT2D eigenvalue weighted by molar-refractivity contribution is 6.75. The molecule has 1 saturated heterocycles. The second kappa shape index (κ2) is 4.58. The molecule has 78 valence electrons. The third-order valence-corrected chi connectivity index (χ3v) is 7.26. The molecule has 1 aliphatic rings. The van der Waals surface area contributed by atoms with E-state index in [1.165, 1.54) is 24.9 Å². The SMILES string of the molecule is CC(C)N[Si]1(NC(C)C)CCCC1. The topological polar surface area (TPSA) is 24.1 Å². The van der Waals surface area contributed by atoms with Crippen LogP contribution in [-0.2, 0) is 0 Å². The standard InChI is InChI=1S/C10H24N2Si/c1-9(2)11-13(12-10(3)4)7-5-6-8-13/h9-12H,5-8H2,1-4H3. The number of hydrogen-bond acceptors (Lipinski definition) is 2. The minimum absolute atomic E-state index is 0.635. The first-order valence-corrected chi connectivity index (χ1v) is 8.01. The van der Waals surface area contributed by atoms with E-state index in [-0.39, 0.29) is 0 Å². The minimum atomic E-state index is -1.26. The Kier molecular flexibility index (Phi) is 3.95. The van der Waals surface area contributed by atoms with Gasteiger partial charge in [-0.2, -0.15) is 0 Å². The summed E-state index contributed by atoms with van der Waals surface area (Å²) >= 11 is 0. The van der Waals surface area contributed by atoms with E-state index >= 15 is 0 Å². The van der Waals surface area contributed by atoms with Gasteiger partial charge in [-0.1, -0.05) is 40.5 Å². The Balaban J connectivity index is 2.52. The van der Waals surface area contributed by atoms with E-state index in [0.717, 1.165) is 0 Å². The molecular formula is C10H24N2Si. The van der Waals surface area contributed by atoms with Crippen LogP contribution in [0.25, 0.3) is 0 Å². The first kappa shape index (κ1) is 11.2. The average molecular weight is 200 g/mol. The van der Waals surface area contributed by atoms with Crippen molar-refractivity contribution in [3.8, 4) is 0 Å². The van der Waals surface area contributed by atoms with Crippen LogP contribution in [0, 0.1) is 0 Å². The van der Waals surface area contributed by atoms with Gasteiger partial charge in [-0.15, -0.1) is 0 Å². The van der Waals surface area contributed by atoms with Gasteiger partial charge in [0.2, 0.25) is 8.40 Å². The maximum atomic E-state index is 3.81. The van der Waals surface area contributed by atoms with E-state index in [0.29, 0.717) is 12.1 Å². The van der Waals surface area contributed by atoms with Gasteiger partial charge < -0.3 is 9.96 Å². The smallest absolute Gasteiger partial charge is 0.201 e. The van der Waals surface area contributed by atoms with Crippen molar-refractivity contribution in [1.29, 1.82) is 0 Å². The molecule has 1 aliphatic heterocycles. The second-order valence-corrected chi connectivity index (χ2v) is 8.63. The molecule has 2 nitrogen and oxygen atoms in total. The zero-order valence-electron chi connectivity index (χ0n) is 9.48. The molecule has 0 aliphatic carbocycles. The van der Waals surface area contributed by atoms with Crippen molar-refractivity contribution in [3.05, 3.63) is 0 Å². The van der Waals surface area contributed by atoms with Crippen molar-refractivity contribution in [2.24, 2.45) is 0 Å². The van der Waals surface area contributed by atoms with Gasteiger partial charge in [-0.3, -0.25) is 0 Å². The summed E-state index contributed by atoms with van der Waals surface area (Å²) in [7, 11) is -1.26. The first-order chi connectivity index (χ1) is 6.04. The lowest BCUT2D eigenvalue weighted by Crippen LogP contribution is -2.64. The van der Waals surface area contributed by atoms with Gasteiger partial charge in [0.1, 0.15) is 0 Å².